The molecule has 7 heteroatoms. The van der Waals surface area contributed by atoms with Crippen molar-refractivity contribution in [2.45, 2.75) is 32.3 Å². The van der Waals surface area contributed by atoms with Crippen molar-refractivity contribution in [1.82, 2.24) is 9.97 Å². The van der Waals surface area contributed by atoms with Gasteiger partial charge in [0.25, 0.3) is 0 Å². The van der Waals surface area contributed by atoms with Crippen molar-refractivity contribution in [1.29, 1.82) is 0 Å². The molecule has 0 fully saturated rings. The van der Waals surface area contributed by atoms with Crippen LogP contribution in [-0.2, 0) is 0 Å². The van der Waals surface area contributed by atoms with Gasteiger partial charge in [-0.1, -0.05) is 13.8 Å². The standard InChI is InChI=1S/C10H18BrN5O/c1-3-10(17,4-2)5-13-8-7(11)9(16-12)15-6-14-8/h6,17H,3-5,12H2,1-2H3,(H2,13,14,15,16). The Morgan fingerprint density at radius 1 is 1.35 bits per heavy atom. The molecule has 0 atom stereocenters. The third-order valence-electron chi connectivity index (χ3n) is 2.83. The second-order valence-corrected chi connectivity index (χ2v) is 4.61. The SMILES string of the molecule is CCC(O)(CC)CNc1ncnc(NN)c1Br. The Bertz CT molecular complexity index is 370. The summed E-state index contributed by atoms with van der Waals surface area (Å²) in [6.07, 6.45) is 2.77. The molecule has 0 aliphatic heterocycles. The smallest absolute Gasteiger partial charge is 0.159 e. The number of nitrogens with one attached hydrogen (secondary N) is 2. The predicted octanol–water partition coefficient (Wildman–Crippen LogP) is 1.49. The summed E-state index contributed by atoms with van der Waals surface area (Å²) >= 11 is 3.34. The molecule has 96 valence electrons. The summed E-state index contributed by atoms with van der Waals surface area (Å²) < 4.78 is 0.650. The van der Waals surface area contributed by atoms with E-state index in [9.17, 15) is 5.11 Å². The van der Waals surface area contributed by atoms with Crippen LogP contribution in [0.1, 0.15) is 26.7 Å². The van der Waals surface area contributed by atoms with E-state index in [4.69, 9.17) is 5.84 Å². The number of halogens is 1. The number of rotatable bonds is 6. The van der Waals surface area contributed by atoms with Gasteiger partial charge < -0.3 is 15.8 Å². The van der Waals surface area contributed by atoms with Crippen LogP contribution in [0.4, 0.5) is 11.6 Å². The number of aromatic nitrogens is 2. The highest BCUT2D eigenvalue weighted by Crippen LogP contribution is 2.26. The van der Waals surface area contributed by atoms with Crippen LogP contribution >= 0.6 is 15.9 Å². The van der Waals surface area contributed by atoms with Gasteiger partial charge in [0.05, 0.1) is 5.60 Å². The molecule has 0 unspecified atom stereocenters. The summed E-state index contributed by atoms with van der Waals surface area (Å²) in [5, 5.41) is 13.2. The van der Waals surface area contributed by atoms with Crippen LogP contribution in [0, 0.1) is 0 Å². The zero-order valence-corrected chi connectivity index (χ0v) is 11.6. The Morgan fingerprint density at radius 3 is 2.47 bits per heavy atom. The van der Waals surface area contributed by atoms with Crippen molar-refractivity contribution in [3.05, 3.63) is 10.8 Å². The van der Waals surface area contributed by atoms with E-state index in [0.717, 1.165) is 0 Å². The topological polar surface area (TPSA) is 96.1 Å². The molecule has 6 nitrogen and oxygen atoms in total. The maximum atomic E-state index is 10.1. The zero-order valence-electron chi connectivity index (χ0n) is 10.00. The molecule has 0 amide bonds. The minimum Gasteiger partial charge on any atom is -0.388 e. The molecule has 17 heavy (non-hydrogen) atoms. The highest BCUT2D eigenvalue weighted by Gasteiger charge is 2.22. The fourth-order valence-corrected chi connectivity index (χ4v) is 1.80. The van der Waals surface area contributed by atoms with Gasteiger partial charge in [-0.25, -0.2) is 15.8 Å². The number of hydrogen-bond donors (Lipinski definition) is 4. The highest BCUT2D eigenvalue weighted by atomic mass is 79.9. The summed E-state index contributed by atoms with van der Waals surface area (Å²) in [5.41, 5.74) is 1.74. The zero-order chi connectivity index (χ0) is 12.9. The van der Waals surface area contributed by atoms with E-state index < -0.39 is 5.60 Å². The molecule has 0 saturated carbocycles. The van der Waals surface area contributed by atoms with Crippen molar-refractivity contribution in [2.24, 2.45) is 5.84 Å². The Balaban J connectivity index is 2.76. The fraction of sp³-hybridized carbons (Fsp3) is 0.600. The van der Waals surface area contributed by atoms with E-state index in [2.05, 4.69) is 36.6 Å². The lowest BCUT2D eigenvalue weighted by Crippen LogP contribution is -2.35. The fourth-order valence-electron chi connectivity index (χ4n) is 1.34. The lowest BCUT2D eigenvalue weighted by molar-refractivity contribution is 0.0456. The molecule has 0 aliphatic carbocycles. The quantitative estimate of drug-likeness (QED) is 0.470. The van der Waals surface area contributed by atoms with Crippen LogP contribution in [0.5, 0.6) is 0 Å². The average molecular weight is 304 g/mol. The summed E-state index contributed by atoms with van der Waals surface area (Å²) in [4.78, 5) is 8.03. The van der Waals surface area contributed by atoms with Gasteiger partial charge in [-0.3, -0.25) is 0 Å². The number of anilines is 2. The van der Waals surface area contributed by atoms with E-state index >= 15 is 0 Å². The van der Waals surface area contributed by atoms with Crippen molar-refractivity contribution < 1.29 is 5.11 Å². The first kappa shape index (κ1) is 14.1. The monoisotopic (exact) mass is 303 g/mol. The van der Waals surface area contributed by atoms with Gasteiger partial charge in [0, 0.05) is 6.54 Å². The third-order valence-corrected chi connectivity index (χ3v) is 3.58. The van der Waals surface area contributed by atoms with Gasteiger partial charge in [0.1, 0.15) is 16.6 Å². The predicted molar refractivity (Wildman–Crippen MR) is 71.6 cm³/mol. The molecule has 0 aliphatic rings. The number of aliphatic hydroxyl groups is 1. The number of nitrogen functional groups attached to an aromatic ring is 1. The maximum absolute atomic E-state index is 10.1. The Hall–Kier alpha value is -0.920. The van der Waals surface area contributed by atoms with Gasteiger partial charge in [-0.05, 0) is 28.8 Å². The summed E-state index contributed by atoms with van der Waals surface area (Å²) in [7, 11) is 0. The largest absolute Gasteiger partial charge is 0.388 e. The Kier molecular flexibility index (Phi) is 5.10. The van der Waals surface area contributed by atoms with E-state index in [0.29, 0.717) is 35.5 Å². The summed E-state index contributed by atoms with van der Waals surface area (Å²) in [6, 6.07) is 0. The van der Waals surface area contributed by atoms with E-state index in [-0.39, 0.29) is 0 Å². The lowest BCUT2D eigenvalue weighted by atomic mass is 9.98. The number of hydrogen-bond acceptors (Lipinski definition) is 6. The molecule has 1 aromatic rings. The normalized spacial score (nSPS) is 11.4. The van der Waals surface area contributed by atoms with E-state index in [1.807, 2.05) is 13.8 Å². The highest BCUT2D eigenvalue weighted by molar-refractivity contribution is 9.10. The summed E-state index contributed by atoms with van der Waals surface area (Å²) in [6.45, 7) is 4.33. The summed E-state index contributed by atoms with van der Waals surface area (Å²) in [5.74, 6) is 6.41. The maximum Gasteiger partial charge on any atom is 0.159 e. The molecule has 0 spiro atoms. The first-order valence-electron chi connectivity index (χ1n) is 5.49. The van der Waals surface area contributed by atoms with Gasteiger partial charge in [0.15, 0.2) is 5.82 Å². The average Bonchev–Trinajstić information content (AvgIpc) is 2.37. The van der Waals surface area contributed by atoms with E-state index in [1.165, 1.54) is 6.33 Å². The first-order chi connectivity index (χ1) is 8.06. The molecule has 1 aromatic heterocycles. The second kappa shape index (κ2) is 6.13. The number of nitrogens with zero attached hydrogens (tertiary/aromatic N) is 2. The Labute approximate surface area is 109 Å². The molecule has 1 heterocycles. The van der Waals surface area contributed by atoms with Crippen molar-refractivity contribution in [2.75, 3.05) is 17.3 Å². The van der Waals surface area contributed by atoms with Crippen LogP contribution in [0.25, 0.3) is 0 Å². The number of hydrazine groups is 1. The number of nitrogens with two attached hydrogens (primary N) is 1. The molecule has 0 radical (unpaired) electrons. The lowest BCUT2D eigenvalue weighted by Gasteiger charge is -2.25. The molecule has 5 N–H and O–H groups in total. The van der Waals surface area contributed by atoms with E-state index in [1.54, 1.807) is 0 Å². The Morgan fingerprint density at radius 2 is 1.94 bits per heavy atom. The molecule has 0 saturated heterocycles. The van der Waals surface area contributed by atoms with Crippen LogP contribution < -0.4 is 16.6 Å². The van der Waals surface area contributed by atoms with Gasteiger partial charge in [0.2, 0.25) is 0 Å². The molecule has 0 aromatic carbocycles. The van der Waals surface area contributed by atoms with Crippen LogP contribution in [0.3, 0.4) is 0 Å². The molecular weight excluding hydrogens is 286 g/mol. The van der Waals surface area contributed by atoms with Gasteiger partial charge >= 0.3 is 0 Å². The first-order valence-corrected chi connectivity index (χ1v) is 6.29. The van der Waals surface area contributed by atoms with Crippen LogP contribution in [0.15, 0.2) is 10.8 Å². The van der Waals surface area contributed by atoms with Gasteiger partial charge in [-0.2, -0.15) is 0 Å². The molecule has 1 rings (SSSR count). The molecular formula is C10H18BrN5O. The van der Waals surface area contributed by atoms with Crippen LogP contribution in [0.2, 0.25) is 0 Å². The van der Waals surface area contributed by atoms with Crippen molar-refractivity contribution in [3.63, 3.8) is 0 Å². The van der Waals surface area contributed by atoms with Crippen molar-refractivity contribution in [3.8, 4) is 0 Å². The minimum atomic E-state index is -0.722. The van der Waals surface area contributed by atoms with Crippen molar-refractivity contribution >= 4 is 27.6 Å². The van der Waals surface area contributed by atoms with Gasteiger partial charge in [-0.15, -0.1) is 0 Å². The third kappa shape index (κ3) is 3.52. The van der Waals surface area contributed by atoms with Crippen LogP contribution in [-0.4, -0.2) is 27.2 Å². The minimum absolute atomic E-state index is 0.430. The molecule has 0 bridgehead atoms. The second-order valence-electron chi connectivity index (χ2n) is 3.81.